The van der Waals surface area contributed by atoms with Crippen LogP contribution in [-0.2, 0) is 6.54 Å². The van der Waals surface area contributed by atoms with E-state index in [1.807, 2.05) is 42.4 Å². The molecule has 2 fully saturated rings. The lowest BCUT2D eigenvalue weighted by Gasteiger charge is -2.52. The second kappa shape index (κ2) is 7.88. The number of fused-ring (bicyclic) bond motifs is 1. The first-order chi connectivity index (χ1) is 15.0. The van der Waals surface area contributed by atoms with Crippen molar-refractivity contribution in [1.29, 1.82) is 0 Å². The van der Waals surface area contributed by atoms with E-state index in [-0.39, 0.29) is 12.5 Å². The van der Waals surface area contributed by atoms with E-state index in [0.29, 0.717) is 28.7 Å². The first-order valence-electron chi connectivity index (χ1n) is 10.9. The summed E-state index contributed by atoms with van der Waals surface area (Å²) in [5.74, 6) is 0.0740. The highest BCUT2D eigenvalue weighted by molar-refractivity contribution is 6.35. The number of carbonyl (C=O) groups is 1. The number of hydrogen-bond acceptors (Lipinski definition) is 4. The summed E-state index contributed by atoms with van der Waals surface area (Å²) < 4.78 is 1.75. The summed E-state index contributed by atoms with van der Waals surface area (Å²) in [6.07, 6.45) is 8.10. The first-order valence-corrected chi connectivity index (χ1v) is 11.3. The van der Waals surface area contributed by atoms with Crippen LogP contribution in [0.4, 0.5) is 5.69 Å². The van der Waals surface area contributed by atoms with Crippen LogP contribution < -0.4 is 5.32 Å². The number of benzene rings is 1. The Morgan fingerprint density at radius 1 is 1.35 bits per heavy atom. The van der Waals surface area contributed by atoms with Gasteiger partial charge < -0.3 is 20.3 Å². The van der Waals surface area contributed by atoms with E-state index in [4.69, 9.17) is 16.7 Å². The molecule has 3 heterocycles. The Hall–Kier alpha value is -2.51. The van der Waals surface area contributed by atoms with Crippen molar-refractivity contribution in [2.24, 2.45) is 5.41 Å². The second-order valence-electron chi connectivity index (χ2n) is 9.04. The quantitative estimate of drug-likeness (QED) is 0.561. The fourth-order valence-electron chi connectivity index (χ4n) is 5.27. The molecule has 0 atom stereocenters. The number of aliphatic hydroxyl groups excluding tert-OH is 1. The number of piperidine rings is 1. The molecule has 31 heavy (non-hydrogen) atoms. The standard InChI is InChI=1S/C23H28ClN5O2/c1-15-18-3-2-4-19(24)21(18)27-20(15)22(31)28-7-5-23(6-8-28)11-16(12-23)26-17-13-25-29(14-17)9-10-30/h2-4,13-14,16,26-27,30H,5-12H2,1H3. The van der Waals surface area contributed by atoms with Crippen LogP contribution in [0.3, 0.4) is 0 Å². The number of carbonyl (C=O) groups excluding carboxylic acids is 1. The van der Waals surface area contributed by atoms with E-state index in [1.54, 1.807) is 4.68 Å². The van der Waals surface area contributed by atoms with E-state index >= 15 is 0 Å². The maximum atomic E-state index is 13.2. The summed E-state index contributed by atoms with van der Waals surface area (Å²) in [6, 6.07) is 6.22. The predicted octanol–water partition coefficient (Wildman–Crippen LogP) is 3.82. The lowest BCUT2D eigenvalue weighted by molar-refractivity contribution is 0.0217. The molecule has 3 aromatic rings. The van der Waals surface area contributed by atoms with Gasteiger partial charge in [0.1, 0.15) is 5.69 Å². The van der Waals surface area contributed by atoms with E-state index in [9.17, 15) is 4.79 Å². The van der Waals surface area contributed by atoms with Crippen LogP contribution in [0.5, 0.6) is 0 Å². The fraction of sp³-hybridized carbons (Fsp3) is 0.478. The highest BCUT2D eigenvalue weighted by Gasteiger charge is 2.46. The van der Waals surface area contributed by atoms with Crippen LogP contribution >= 0.6 is 11.6 Å². The number of anilines is 1. The smallest absolute Gasteiger partial charge is 0.270 e. The molecule has 7 nitrogen and oxygen atoms in total. The van der Waals surface area contributed by atoms with Gasteiger partial charge in [0, 0.05) is 30.7 Å². The monoisotopic (exact) mass is 441 g/mol. The molecule has 0 unspecified atom stereocenters. The average Bonchev–Trinajstić information content (AvgIpc) is 3.32. The highest BCUT2D eigenvalue weighted by Crippen LogP contribution is 2.50. The minimum Gasteiger partial charge on any atom is -0.394 e. The normalized spacial score (nSPS) is 18.5. The molecule has 1 saturated heterocycles. The fourth-order valence-corrected chi connectivity index (χ4v) is 5.49. The van der Waals surface area contributed by atoms with Gasteiger partial charge in [-0.25, -0.2) is 0 Å². The first kappa shape index (κ1) is 20.4. The largest absolute Gasteiger partial charge is 0.394 e. The van der Waals surface area contributed by atoms with Gasteiger partial charge in [0.25, 0.3) is 5.91 Å². The zero-order valence-electron chi connectivity index (χ0n) is 17.7. The van der Waals surface area contributed by atoms with Crippen molar-refractivity contribution in [2.45, 2.75) is 45.2 Å². The molecule has 164 valence electrons. The third-order valence-corrected chi connectivity index (χ3v) is 7.37. The van der Waals surface area contributed by atoms with Gasteiger partial charge in [0.15, 0.2) is 0 Å². The number of nitrogens with zero attached hydrogens (tertiary/aromatic N) is 3. The van der Waals surface area contributed by atoms with Crippen molar-refractivity contribution in [2.75, 3.05) is 25.0 Å². The Kier molecular flexibility index (Phi) is 5.18. The lowest BCUT2D eigenvalue weighted by Crippen LogP contribution is -2.52. The van der Waals surface area contributed by atoms with Gasteiger partial charge in [-0.05, 0) is 49.7 Å². The van der Waals surface area contributed by atoms with Crippen LogP contribution in [0.25, 0.3) is 10.9 Å². The van der Waals surface area contributed by atoms with Crippen LogP contribution in [0, 0.1) is 12.3 Å². The molecule has 8 heteroatoms. The number of likely N-dealkylation sites (tertiary alicyclic amines) is 1. The van der Waals surface area contributed by atoms with Crippen molar-refractivity contribution in [3.05, 3.63) is 46.9 Å². The minimum atomic E-state index is 0.0740. The van der Waals surface area contributed by atoms with Crippen molar-refractivity contribution < 1.29 is 9.90 Å². The molecule has 3 N–H and O–H groups in total. The second-order valence-corrected chi connectivity index (χ2v) is 9.45. The molecule has 1 aromatic carbocycles. The molecular weight excluding hydrogens is 414 g/mol. The number of aromatic nitrogens is 3. The molecule has 0 radical (unpaired) electrons. The Bertz CT molecular complexity index is 1100. The van der Waals surface area contributed by atoms with Crippen LogP contribution in [0.2, 0.25) is 5.02 Å². The van der Waals surface area contributed by atoms with Crippen LogP contribution in [-0.4, -0.2) is 56.4 Å². The number of H-pyrrole nitrogens is 1. The summed E-state index contributed by atoms with van der Waals surface area (Å²) in [7, 11) is 0. The van der Waals surface area contributed by atoms with Crippen LogP contribution in [0.1, 0.15) is 41.7 Å². The Morgan fingerprint density at radius 3 is 2.84 bits per heavy atom. The van der Waals surface area contributed by atoms with Crippen molar-refractivity contribution in [3.63, 3.8) is 0 Å². The molecule has 2 aromatic heterocycles. The number of hydrogen-bond donors (Lipinski definition) is 3. The number of amides is 1. The van der Waals surface area contributed by atoms with Crippen molar-refractivity contribution in [3.8, 4) is 0 Å². The predicted molar refractivity (Wildman–Crippen MR) is 122 cm³/mol. The van der Waals surface area contributed by atoms with Gasteiger partial charge in [-0.3, -0.25) is 9.48 Å². The Balaban J connectivity index is 1.18. The number of rotatable bonds is 5. The van der Waals surface area contributed by atoms with Gasteiger partial charge in [0.05, 0.1) is 35.6 Å². The maximum absolute atomic E-state index is 13.2. The van der Waals surface area contributed by atoms with Gasteiger partial charge in [-0.1, -0.05) is 23.7 Å². The lowest BCUT2D eigenvalue weighted by atomic mass is 9.60. The summed E-state index contributed by atoms with van der Waals surface area (Å²) in [5, 5.41) is 18.5. The van der Waals surface area contributed by atoms with Crippen LogP contribution in [0.15, 0.2) is 30.6 Å². The number of aryl methyl sites for hydroxylation is 1. The van der Waals surface area contributed by atoms with E-state index in [1.165, 1.54) is 0 Å². The minimum absolute atomic E-state index is 0.0740. The molecule has 1 spiro atoms. The summed E-state index contributed by atoms with van der Waals surface area (Å²) in [6.45, 7) is 4.18. The van der Waals surface area contributed by atoms with E-state index in [2.05, 4.69) is 15.4 Å². The summed E-state index contributed by atoms with van der Waals surface area (Å²) in [5.41, 5.74) is 3.82. The van der Waals surface area contributed by atoms with Crippen molar-refractivity contribution >= 4 is 34.1 Å². The molecule has 1 aliphatic heterocycles. The summed E-state index contributed by atoms with van der Waals surface area (Å²) >= 11 is 6.31. The molecule has 1 saturated carbocycles. The molecular formula is C23H28ClN5O2. The van der Waals surface area contributed by atoms with E-state index in [0.717, 1.165) is 60.9 Å². The SMILES string of the molecule is Cc1c(C(=O)N2CCC3(CC2)CC(Nc2cnn(CCO)c2)C3)[nH]c2c(Cl)cccc12. The topological polar surface area (TPSA) is 86.2 Å². The third-order valence-electron chi connectivity index (χ3n) is 7.06. The Labute approximate surface area is 186 Å². The number of para-hydroxylation sites is 1. The maximum Gasteiger partial charge on any atom is 0.270 e. The highest BCUT2D eigenvalue weighted by atomic mass is 35.5. The molecule has 5 rings (SSSR count). The summed E-state index contributed by atoms with van der Waals surface area (Å²) in [4.78, 5) is 18.4. The average molecular weight is 442 g/mol. The van der Waals surface area contributed by atoms with Gasteiger partial charge in [-0.15, -0.1) is 0 Å². The Morgan fingerprint density at radius 2 is 2.13 bits per heavy atom. The zero-order valence-corrected chi connectivity index (χ0v) is 18.5. The number of aliphatic hydroxyl groups is 1. The molecule has 1 amide bonds. The number of aromatic amines is 1. The number of nitrogens with one attached hydrogen (secondary N) is 2. The van der Waals surface area contributed by atoms with Gasteiger partial charge in [0.2, 0.25) is 0 Å². The van der Waals surface area contributed by atoms with E-state index < -0.39 is 0 Å². The molecule has 0 bridgehead atoms. The van der Waals surface area contributed by atoms with Gasteiger partial charge >= 0.3 is 0 Å². The molecule has 2 aliphatic rings. The third kappa shape index (κ3) is 3.70. The molecule has 1 aliphatic carbocycles. The van der Waals surface area contributed by atoms with Crippen molar-refractivity contribution in [1.82, 2.24) is 19.7 Å². The van der Waals surface area contributed by atoms with Gasteiger partial charge in [-0.2, -0.15) is 5.10 Å². The number of halogens is 1. The zero-order chi connectivity index (χ0) is 21.6.